The molecule has 0 aromatic carbocycles. The molecule has 0 radical (unpaired) electrons. The number of unbranched alkanes of at least 4 members (excludes halogenated alkanes) is 4. The summed E-state index contributed by atoms with van der Waals surface area (Å²) in [6.45, 7) is 15.0. The Morgan fingerprint density at radius 2 is 0.900 bits per heavy atom. The van der Waals surface area contributed by atoms with Crippen LogP contribution in [0.5, 0.6) is 0 Å². The number of hydrogen-bond donors (Lipinski definition) is 0. The molecule has 0 saturated heterocycles. The van der Waals surface area contributed by atoms with Gasteiger partial charge in [0, 0.05) is 0 Å². The molecule has 0 fully saturated rings. The lowest BCUT2D eigenvalue weighted by Crippen LogP contribution is -2.50. The minimum Gasteiger partial charge on any atom is -0.324 e. The molecule has 0 aliphatic rings. The second-order valence-electron chi connectivity index (χ2n) is 5.72. The topological polar surface area (TPSA) is 51.4 Å². The van der Waals surface area contributed by atoms with Gasteiger partial charge >= 0.3 is 0 Å². The lowest BCUT2D eigenvalue weighted by atomic mass is 10.1. The number of hydrogen-bond acceptors (Lipinski definition) is 2. The second-order valence-corrected chi connectivity index (χ2v) is 5.72. The van der Waals surface area contributed by atoms with Crippen molar-refractivity contribution in [3.8, 4) is 0 Å². The van der Waals surface area contributed by atoms with Crippen LogP contribution >= 0.6 is 0 Å². The van der Waals surface area contributed by atoms with Crippen molar-refractivity contribution in [2.45, 2.75) is 79.1 Å². The summed E-state index contributed by atoms with van der Waals surface area (Å²) in [6.07, 6.45) is 11.1. The van der Waals surface area contributed by atoms with Gasteiger partial charge in [-0.15, -0.1) is 0 Å². The van der Waals surface area contributed by atoms with Crippen LogP contribution in [0.1, 0.15) is 79.1 Å². The van der Waals surface area contributed by atoms with Gasteiger partial charge in [0.05, 0.1) is 26.2 Å². The van der Waals surface area contributed by atoms with E-state index in [0.717, 1.165) is 0 Å². The van der Waals surface area contributed by atoms with Crippen LogP contribution in [0.2, 0.25) is 0 Å². The zero-order valence-corrected chi connectivity index (χ0v) is 14.2. The van der Waals surface area contributed by atoms with E-state index >= 15 is 0 Å². The lowest BCUT2D eigenvalue weighted by Gasteiger charge is -2.39. The standard InChI is InChI=1S/C16H36N.O3/c1-5-9-13-17(14-10-6-2,15-11-7-3)16-12-8-4;1-3-2/h5-16H2,1-4H3;/q+1;. The maximum absolute atomic E-state index is 7.88. The monoisotopic (exact) mass is 290 g/mol. The van der Waals surface area contributed by atoms with Crippen molar-refractivity contribution < 1.29 is 9.74 Å². The van der Waals surface area contributed by atoms with E-state index in [1.165, 1.54) is 82.0 Å². The molecule has 0 unspecified atom stereocenters. The zero-order chi connectivity index (χ0) is 15.7. The summed E-state index contributed by atoms with van der Waals surface area (Å²) in [6, 6.07) is 0. The molecule has 20 heavy (non-hydrogen) atoms. The maximum atomic E-state index is 7.88. The van der Waals surface area contributed by atoms with Crippen molar-refractivity contribution in [2.24, 2.45) is 0 Å². The largest absolute Gasteiger partial charge is 0.324 e. The summed E-state index contributed by atoms with van der Waals surface area (Å²) in [5, 5.41) is 7.88. The predicted octanol–water partition coefficient (Wildman–Crippen LogP) is 3.88. The van der Waals surface area contributed by atoms with Gasteiger partial charge in [-0.2, -0.15) is 0 Å². The Labute approximate surface area is 125 Å². The fourth-order valence-corrected chi connectivity index (χ4v) is 2.64. The van der Waals surface area contributed by atoms with Gasteiger partial charge in [-0.1, -0.05) is 63.6 Å². The van der Waals surface area contributed by atoms with Crippen LogP contribution in [-0.4, -0.2) is 30.7 Å². The zero-order valence-electron chi connectivity index (χ0n) is 14.2. The quantitative estimate of drug-likeness (QED) is 0.237. The fourth-order valence-electron chi connectivity index (χ4n) is 2.64. The molecule has 0 amide bonds. The summed E-state index contributed by atoms with van der Waals surface area (Å²) >= 11 is 0. The predicted molar refractivity (Wildman–Crippen MR) is 86.1 cm³/mol. The van der Waals surface area contributed by atoms with Crippen LogP contribution in [0.15, 0.2) is 0 Å². The fraction of sp³-hybridized carbons (Fsp3) is 1.00. The van der Waals surface area contributed by atoms with E-state index in [1.54, 1.807) is 4.75 Å². The van der Waals surface area contributed by atoms with E-state index in [9.17, 15) is 0 Å². The van der Waals surface area contributed by atoms with Gasteiger partial charge < -0.3 is 4.48 Å². The van der Waals surface area contributed by atoms with Gasteiger partial charge in [0.1, 0.15) is 0 Å². The highest BCUT2D eigenvalue weighted by atomic mass is 17.2. The molecule has 0 aliphatic carbocycles. The Morgan fingerprint density at radius 3 is 1.05 bits per heavy atom. The van der Waals surface area contributed by atoms with E-state index in [-0.39, 0.29) is 0 Å². The number of rotatable bonds is 12. The minimum atomic E-state index is 1.35. The van der Waals surface area contributed by atoms with Crippen LogP contribution in [0.3, 0.4) is 0 Å². The van der Waals surface area contributed by atoms with Gasteiger partial charge in [0.15, 0.2) is 4.75 Å². The smallest absolute Gasteiger partial charge is 0.154 e. The highest BCUT2D eigenvalue weighted by Gasteiger charge is 2.24. The molecule has 0 heterocycles. The van der Waals surface area contributed by atoms with Crippen molar-refractivity contribution in [2.75, 3.05) is 26.2 Å². The van der Waals surface area contributed by atoms with Crippen LogP contribution in [0.4, 0.5) is 0 Å². The Morgan fingerprint density at radius 1 is 0.700 bits per heavy atom. The highest BCUT2D eigenvalue weighted by Crippen LogP contribution is 2.16. The number of nitrogens with zero attached hydrogens (tertiary/aromatic N) is 1. The van der Waals surface area contributed by atoms with Gasteiger partial charge in [0.2, 0.25) is 0 Å². The first kappa shape index (κ1) is 21.7. The van der Waals surface area contributed by atoms with Gasteiger partial charge in [0.25, 0.3) is 0 Å². The minimum absolute atomic E-state index is 1.35. The van der Waals surface area contributed by atoms with Crippen LogP contribution in [0.25, 0.3) is 0 Å². The van der Waals surface area contributed by atoms with Crippen molar-refractivity contribution in [3.63, 3.8) is 0 Å². The van der Waals surface area contributed by atoms with Gasteiger partial charge in [-0.25, -0.2) is 0 Å². The molecule has 4 nitrogen and oxygen atoms in total. The molecule has 0 aromatic rings. The first-order valence-electron chi connectivity index (χ1n) is 8.43. The maximum Gasteiger partial charge on any atom is 0.154 e. The third-order valence-corrected chi connectivity index (χ3v) is 3.94. The van der Waals surface area contributed by atoms with Crippen molar-refractivity contribution >= 4 is 0 Å². The highest BCUT2D eigenvalue weighted by molar-refractivity contribution is 4.49. The SMILES string of the molecule is CCCC[N+](CCCC)(CCCC)CCCC.O=[O+][O-]. The third kappa shape index (κ3) is 12.4. The van der Waals surface area contributed by atoms with Crippen LogP contribution in [-0.2, 0) is 0 Å². The summed E-state index contributed by atoms with van der Waals surface area (Å²) in [4.78, 5) is 7.88. The molecule has 0 aromatic heterocycles. The van der Waals surface area contributed by atoms with Crippen LogP contribution in [0, 0.1) is 9.71 Å². The molecule has 0 atom stereocenters. The molecule has 0 rings (SSSR count). The first-order valence-corrected chi connectivity index (χ1v) is 8.43. The molecule has 0 saturated carbocycles. The summed E-state index contributed by atoms with van der Waals surface area (Å²) in [7, 11) is 0. The van der Waals surface area contributed by atoms with E-state index in [4.69, 9.17) is 10.2 Å². The average Bonchev–Trinajstić information content (AvgIpc) is 2.46. The van der Waals surface area contributed by atoms with Crippen molar-refractivity contribution in [3.05, 3.63) is 9.71 Å². The Bertz CT molecular complexity index is 161. The lowest BCUT2D eigenvalue weighted by molar-refractivity contribution is -0.929. The van der Waals surface area contributed by atoms with E-state index in [0.29, 0.717) is 0 Å². The molecule has 0 bridgehead atoms. The van der Waals surface area contributed by atoms with Gasteiger partial charge in [-0.3, -0.25) is 0 Å². The Balaban J connectivity index is 0. The molecule has 0 aliphatic heterocycles. The third-order valence-electron chi connectivity index (χ3n) is 3.94. The van der Waals surface area contributed by atoms with Crippen molar-refractivity contribution in [1.29, 1.82) is 0 Å². The number of quaternary nitrogens is 1. The Hall–Kier alpha value is -0.640. The normalized spacial score (nSPS) is 10.8. The van der Waals surface area contributed by atoms with E-state index in [2.05, 4.69) is 27.7 Å². The molecule has 0 spiro atoms. The summed E-state index contributed by atoms with van der Waals surface area (Å²) < 4.78 is 3.17. The Kier molecular flexibility index (Phi) is 17.8. The molecule has 0 N–H and O–H groups in total. The van der Waals surface area contributed by atoms with Gasteiger partial charge in [-0.05, 0) is 25.7 Å². The van der Waals surface area contributed by atoms with E-state index < -0.39 is 0 Å². The summed E-state index contributed by atoms with van der Waals surface area (Å²) in [5.74, 6) is 0. The molecular formula is C16H36NO3+. The first-order chi connectivity index (χ1) is 9.66. The van der Waals surface area contributed by atoms with Crippen molar-refractivity contribution in [1.82, 2.24) is 0 Å². The second kappa shape index (κ2) is 16.4. The molecule has 4 heteroatoms. The summed E-state index contributed by atoms with van der Waals surface area (Å²) in [5.41, 5.74) is 0. The average molecular weight is 290 g/mol. The van der Waals surface area contributed by atoms with Crippen LogP contribution < -0.4 is 5.26 Å². The molecule has 122 valence electrons. The molecular weight excluding hydrogens is 254 g/mol. The van der Waals surface area contributed by atoms with E-state index in [1.807, 2.05) is 0 Å².